The number of aromatic nitrogens is 4. The fraction of sp³-hybridized carbons (Fsp3) is 0.316. The zero-order valence-corrected chi connectivity index (χ0v) is 13.6. The standard InChI is InChI=1S/C19H21N5/c1-2-5-16(6-3-1)19-20-11-15(12-21-19)13-24-10-4-7-17(14-24)18-8-9-22-23-18/h1-3,5-6,8-9,11-12,17H,4,7,10,13-14H2,(H,22,23)/t17-/m0/s1. The van der Waals surface area contributed by atoms with Crippen LogP contribution in [-0.4, -0.2) is 38.2 Å². The van der Waals surface area contributed by atoms with Gasteiger partial charge in [-0.25, -0.2) is 9.97 Å². The Kier molecular flexibility index (Phi) is 4.34. The maximum Gasteiger partial charge on any atom is 0.159 e. The number of nitrogens with zero attached hydrogens (tertiary/aromatic N) is 4. The topological polar surface area (TPSA) is 57.7 Å². The summed E-state index contributed by atoms with van der Waals surface area (Å²) in [6, 6.07) is 12.2. The third-order valence-electron chi connectivity index (χ3n) is 4.61. The third-order valence-corrected chi connectivity index (χ3v) is 4.61. The molecule has 1 aliphatic rings. The van der Waals surface area contributed by atoms with Gasteiger partial charge in [-0.3, -0.25) is 10.00 Å². The lowest BCUT2D eigenvalue weighted by Crippen LogP contribution is -2.34. The number of aromatic amines is 1. The van der Waals surface area contributed by atoms with E-state index in [0.717, 1.165) is 31.0 Å². The summed E-state index contributed by atoms with van der Waals surface area (Å²) in [5.74, 6) is 1.33. The van der Waals surface area contributed by atoms with Gasteiger partial charge in [0.2, 0.25) is 0 Å². The highest BCUT2D eigenvalue weighted by molar-refractivity contribution is 5.53. The van der Waals surface area contributed by atoms with Crippen LogP contribution in [-0.2, 0) is 6.54 Å². The number of rotatable bonds is 4. The van der Waals surface area contributed by atoms with Crippen LogP contribution in [0.5, 0.6) is 0 Å². The summed E-state index contributed by atoms with van der Waals surface area (Å²) >= 11 is 0. The highest BCUT2D eigenvalue weighted by Crippen LogP contribution is 2.26. The number of hydrogen-bond acceptors (Lipinski definition) is 4. The lowest BCUT2D eigenvalue weighted by atomic mass is 9.95. The molecule has 0 radical (unpaired) electrons. The lowest BCUT2D eigenvalue weighted by molar-refractivity contribution is 0.198. The first-order valence-electron chi connectivity index (χ1n) is 8.46. The number of likely N-dealkylation sites (tertiary alicyclic amines) is 1. The van der Waals surface area contributed by atoms with E-state index in [4.69, 9.17) is 0 Å². The molecule has 0 spiro atoms. The Morgan fingerprint density at radius 2 is 1.92 bits per heavy atom. The van der Waals surface area contributed by atoms with E-state index in [9.17, 15) is 0 Å². The minimum absolute atomic E-state index is 0.547. The van der Waals surface area contributed by atoms with Gasteiger partial charge in [0.15, 0.2) is 5.82 Å². The highest BCUT2D eigenvalue weighted by atomic mass is 15.1. The summed E-state index contributed by atoms with van der Waals surface area (Å²) in [5.41, 5.74) is 3.47. The second-order valence-electron chi connectivity index (χ2n) is 6.37. The van der Waals surface area contributed by atoms with Gasteiger partial charge in [0.25, 0.3) is 0 Å². The van der Waals surface area contributed by atoms with Crippen molar-refractivity contribution < 1.29 is 0 Å². The van der Waals surface area contributed by atoms with Crippen LogP contribution >= 0.6 is 0 Å². The molecule has 0 aliphatic carbocycles. The molecule has 1 fully saturated rings. The Balaban J connectivity index is 1.42. The van der Waals surface area contributed by atoms with Crippen molar-refractivity contribution in [1.82, 2.24) is 25.1 Å². The Morgan fingerprint density at radius 3 is 2.67 bits per heavy atom. The molecule has 1 atom stereocenters. The SMILES string of the molecule is c1ccc(-c2ncc(CN3CCC[C@H](c4ccn[nH]4)C3)cn2)cc1. The molecule has 1 aromatic carbocycles. The van der Waals surface area contributed by atoms with Crippen molar-refractivity contribution in [2.45, 2.75) is 25.3 Å². The van der Waals surface area contributed by atoms with E-state index in [1.165, 1.54) is 24.1 Å². The van der Waals surface area contributed by atoms with Gasteiger partial charge >= 0.3 is 0 Å². The molecule has 0 unspecified atom stereocenters. The van der Waals surface area contributed by atoms with Crippen molar-refractivity contribution >= 4 is 0 Å². The van der Waals surface area contributed by atoms with Crippen LogP contribution in [0.4, 0.5) is 0 Å². The first-order chi connectivity index (χ1) is 11.9. The Labute approximate surface area is 141 Å². The van der Waals surface area contributed by atoms with Crippen LogP contribution in [0.1, 0.15) is 30.0 Å². The molecule has 24 heavy (non-hydrogen) atoms. The van der Waals surface area contributed by atoms with Crippen LogP contribution in [0, 0.1) is 0 Å². The Hall–Kier alpha value is -2.53. The number of H-pyrrole nitrogens is 1. The van der Waals surface area contributed by atoms with E-state index in [0.29, 0.717) is 5.92 Å². The molecule has 3 aromatic rings. The summed E-state index contributed by atoms with van der Waals surface area (Å²) in [5, 5.41) is 7.20. The number of nitrogens with one attached hydrogen (secondary N) is 1. The molecular formula is C19H21N5. The van der Waals surface area contributed by atoms with E-state index in [1.54, 1.807) is 0 Å². The van der Waals surface area contributed by atoms with Crippen LogP contribution in [0.2, 0.25) is 0 Å². The van der Waals surface area contributed by atoms with Crippen molar-refractivity contribution in [2.75, 3.05) is 13.1 Å². The van der Waals surface area contributed by atoms with Crippen LogP contribution in [0.3, 0.4) is 0 Å². The summed E-state index contributed by atoms with van der Waals surface area (Å²) in [6.07, 6.45) is 8.18. The van der Waals surface area contributed by atoms with E-state index in [-0.39, 0.29) is 0 Å². The first-order valence-corrected chi connectivity index (χ1v) is 8.46. The van der Waals surface area contributed by atoms with Crippen molar-refractivity contribution in [2.24, 2.45) is 0 Å². The van der Waals surface area contributed by atoms with Gasteiger partial charge in [0, 0.05) is 54.4 Å². The van der Waals surface area contributed by atoms with Gasteiger partial charge in [-0.1, -0.05) is 30.3 Å². The molecule has 5 heteroatoms. The maximum atomic E-state index is 4.53. The number of benzene rings is 1. The molecule has 1 saturated heterocycles. The fourth-order valence-electron chi connectivity index (χ4n) is 3.38. The van der Waals surface area contributed by atoms with Crippen molar-refractivity contribution in [3.63, 3.8) is 0 Å². The van der Waals surface area contributed by atoms with Gasteiger partial charge in [0.05, 0.1) is 0 Å². The van der Waals surface area contributed by atoms with Crippen LogP contribution in [0.25, 0.3) is 11.4 Å². The summed E-state index contributed by atoms with van der Waals surface area (Å²) in [4.78, 5) is 11.5. The average Bonchev–Trinajstić information content (AvgIpc) is 3.18. The number of hydrogen-bond donors (Lipinski definition) is 1. The number of piperidine rings is 1. The van der Waals surface area contributed by atoms with Gasteiger partial charge in [-0.15, -0.1) is 0 Å². The Bertz CT molecular complexity index is 752. The molecule has 3 heterocycles. The highest BCUT2D eigenvalue weighted by Gasteiger charge is 2.22. The molecular weight excluding hydrogens is 298 g/mol. The zero-order valence-electron chi connectivity index (χ0n) is 13.6. The molecule has 1 N–H and O–H groups in total. The average molecular weight is 319 g/mol. The smallest absolute Gasteiger partial charge is 0.159 e. The monoisotopic (exact) mass is 319 g/mol. The molecule has 122 valence electrons. The Morgan fingerprint density at radius 1 is 1.08 bits per heavy atom. The second kappa shape index (κ2) is 6.93. The minimum Gasteiger partial charge on any atom is -0.298 e. The predicted octanol–water partition coefficient (Wildman–Crippen LogP) is 3.25. The predicted molar refractivity (Wildman–Crippen MR) is 93.3 cm³/mol. The van der Waals surface area contributed by atoms with Crippen molar-refractivity contribution in [3.05, 3.63) is 66.2 Å². The van der Waals surface area contributed by atoms with Gasteiger partial charge in [0.1, 0.15) is 0 Å². The quantitative estimate of drug-likeness (QED) is 0.802. The first kappa shape index (κ1) is 15.0. The molecule has 2 aromatic heterocycles. The fourth-order valence-corrected chi connectivity index (χ4v) is 3.38. The van der Waals surface area contributed by atoms with E-state index in [1.807, 2.05) is 48.9 Å². The van der Waals surface area contributed by atoms with E-state index < -0.39 is 0 Å². The van der Waals surface area contributed by atoms with Crippen molar-refractivity contribution in [3.8, 4) is 11.4 Å². The summed E-state index contributed by atoms with van der Waals surface area (Å²) < 4.78 is 0. The molecule has 4 rings (SSSR count). The molecule has 0 amide bonds. The summed E-state index contributed by atoms with van der Waals surface area (Å²) in [7, 11) is 0. The molecule has 1 aliphatic heterocycles. The molecule has 0 bridgehead atoms. The third kappa shape index (κ3) is 3.36. The second-order valence-corrected chi connectivity index (χ2v) is 6.37. The molecule has 0 saturated carbocycles. The lowest BCUT2D eigenvalue weighted by Gasteiger charge is -2.32. The minimum atomic E-state index is 0.547. The summed E-state index contributed by atoms with van der Waals surface area (Å²) in [6.45, 7) is 3.09. The van der Waals surface area contributed by atoms with Crippen molar-refractivity contribution in [1.29, 1.82) is 0 Å². The van der Waals surface area contributed by atoms with Gasteiger partial charge < -0.3 is 0 Å². The zero-order chi connectivity index (χ0) is 16.2. The largest absolute Gasteiger partial charge is 0.298 e. The van der Waals surface area contributed by atoms with Gasteiger partial charge in [-0.2, -0.15) is 5.10 Å². The van der Waals surface area contributed by atoms with Crippen LogP contribution in [0.15, 0.2) is 55.0 Å². The maximum absolute atomic E-state index is 4.53. The van der Waals surface area contributed by atoms with Gasteiger partial charge in [-0.05, 0) is 25.5 Å². The van der Waals surface area contributed by atoms with E-state index in [2.05, 4.69) is 31.1 Å². The normalized spacial score (nSPS) is 18.6. The van der Waals surface area contributed by atoms with E-state index >= 15 is 0 Å². The molecule has 5 nitrogen and oxygen atoms in total. The van der Waals surface area contributed by atoms with Crippen LogP contribution < -0.4 is 0 Å².